The van der Waals surface area contributed by atoms with Crippen LogP contribution in [0.15, 0.2) is 0 Å². The Balaban J connectivity index is 0. The van der Waals surface area contributed by atoms with Crippen LogP contribution in [-0.2, 0) is 13.3 Å². The third-order valence-electron chi connectivity index (χ3n) is 3.04. The van der Waals surface area contributed by atoms with Crippen molar-refractivity contribution in [3.05, 3.63) is 0 Å². The summed E-state index contributed by atoms with van der Waals surface area (Å²) in [5, 5.41) is 2.89. The molecular formula is C13H35NO4Si3. The van der Waals surface area contributed by atoms with E-state index in [-0.39, 0.29) is 11.1 Å². The van der Waals surface area contributed by atoms with E-state index in [4.69, 9.17) is 9.16 Å². The fourth-order valence-electron chi connectivity index (χ4n) is 0.990. The minimum absolute atomic E-state index is 0.193. The van der Waals surface area contributed by atoms with Crippen LogP contribution in [0.2, 0.25) is 18.1 Å². The number of alkyl carbamates (subject to hydrolysis) is 1. The standard InChI is InChI=1S/C13H29NO3Si.H6OSi2/c1-12(2,3)17-11(15)14-9-10-16-18(7,8)13(4,5)6;2-1-3/h9-10H2,1-8H3,(H,14,15);2-3H3. The molecule has 0 fully saturated rings. The SMILES string of the molecule is CC(C)(C)OC(=O)NCCO[Si](C)(C)C(C)(C)C.[SiH3]O[SiH3]. The molecule has 0 aromatic rings. The molecule has 0 radical (unpaired) electrons. The quantitative estimate of drug-likeness (QED) is 0.607. The van der Waals surface area contributed by atoms with E-state index < -0.39 is 13.9 Å². The molecule has 0 bridgehead atoms. The number of hydrogen-bond acceptors (Lipinski definition) is 4. The highest BCUT2D eigenvalue weighted by Crippen LogP contribution is 2.36. The first kappa shape index (κ1) is 23.1. The molecule has 8 heteroatoms. The summed E-state index contributed by atoms with van der Waals surface area (Å²) >= 11 is 0. The number of hydrogen-bond donors (Lipinski definition) is 1. The molecule has 0 aliphatic carbocycles. The lowest BCUT2D eigenvalue weighted by Gasteiger charge is -2.36. The van der Waals surface area contributed by atoms with Crippen molar-refractivity contribution >= 4 is 35.4 Å². The average Bonchev–Trinajstić information content (AvgIpc) is 2.21. The van der Waals surface area contributed by atoms with Gasteiger partial charge in [0.1, 0.15) is 26.6 Å². The van der Waals surface area contributed by atoms with Crippen LogP contribution in [0.4, 0.5) is 4.79 Å². The largest absolute Gasteiger partial charge is 0.471 e. The van der Waals surface area contributed by atoms with Crippen LogP contribution in [0.25, 0.3) is 0 Å². The van der Waals surface area contributed by atoms with Gasteiger partial charge in [-0.2, -0.15) is 0 Å². The van der Waals surface area contributed by atoms with Gasteiger partial charge in [-0.1, -0.05) is 20.8 Å². The second-order valence-electron chi connectivity index (χ2n) is 7.45. The third kappa shape index (κ3) is 13.2. The first-order chi connectivity index (χ1) is 9.27. The monoisotopic (exact) mass is 353 g/mol. The van der Waals surface area contributed by atoms with Gasteiger partial charge in [-0.15, -0.1) is 0 Å². The number of rotatable bonds is 4. The highest BCUT2D eigenvalue weighted by molar-refractivity contribution is 6.74. The molecule has 0 aromatic carbocycles. The van der Waals surface area contributed by atoms with E-state index in [2.05, 4.69) is 43.3 Å². The fraction of sp³-hybridized carbons (Fsp3) is 0.923. The lowest BCUT2D eigenvalue weighted by atomic mass is 10.2. The zero-order valence-corrected chi connectivity index (χ0v) is 20.5. The van der Waals surface area contributed by atoms with Gasteiger partial charge in [0.05, 0.1) is 6.61 Å². The molecule has 0 atom stereocenters. The van der Waals surface area contributed by atoms with Gasteiger partial charge in [0.15, 0.2) is 8.32 Å². The van der Waals surface area contributed by atoms with Crippen molar-refractivity contribution in [2.45, 2.75) is 65.3 Å². The zero-order chi connectivity index (χ0) is 17.3. The Bertz CT molecular complexity index is 299. The van der Waals surface area contributed by atoms with E-state index >= 15 is 0 Å². The molecule has 0 aliphatic heterocycles. The van der Waals surface area contributed by atoms with Gasteiger partial charge in [0, 0.05) is 6.54 Å². The van der Waals surface area contributed by atoms with Crippen molar-refractivity contribution in [2.75, 3.05) is 13.2 Å². The summed E-state index contributed by atoms with van der Waals surface area (Å²) in [6.07, 6.45) is -0.388. The Morgan fingerprint density at radius 3 is 1.86 bits per heavy atom. The summed E-state index contributed by atoms with van der Waals surface area (Å²) in [5.74, 6) is 0. The molecule has 1 N–H and O–H groups in total. The van der Waals surface area contributed by atoms with Crippen molar-refractivity contribution in [3.63, 3.8) is 0 Å². The summed E-state index contributed by atoms with van der Waals surface area (Å²) in [5.41, 5.74) is -0.454. The normalized spacial score (nSPS) is 12.6. The molecule has 0 spiro atoms. The van der Waals surface area contributed by atoms with Gasteiger partial charge in [-0.3, -0.25) is 0 Å². The van der Waals surface area contributed by atoms with E-state index in [1.54, 1.807) is 0 Å². The highest BCUT2D eigenvalue weighted by Gasteiger charge is 2.36. The van der Waals surface area contributed by atoms with Crippen LogP contribution < -0.4 is 5.32 Å². The zero-order valence-electron chi connectivity index (χ0n) is 15.5. The van der Waals surface area contributed by atoms with E-state index in [1.807, 2.05) is 20.8 Å². The van der Waals surface area contributed by atoms with Crippen LogP contribution in [0.3, 0.4) is 0 Å². The number of amides is 1. The van der Waals surface area contributed by atoms with Crippen molar-refractivity contribution < 1.29 is 18.1 Å². The maximum Gasteiger partial charge on any atom is 0.407 e. The van der Waals surface area contributed by atoms with Crippen LogP contribution in [-0.4, -0.2) is 54.1 Å². The van der Waals surface area contributed by atoms with Gasteiger partial charge in [-0.25, -0.2) is 4.79 Å². The summed E-state index contributed by atoms with van der Waals surface area (Å²) < 4.78 is 15.6. The van der Waals surface area contributed by atoms with Gasteiger partial charge >= 0.3 is 6.09 Å². The van der Waals surface area contributed by atoms with Crippen LogP contribution in [0.5, 0.6) is 0 Å². The third-order valence-corrected chi connectivity index (χ3v) is 7.58. The Morgan fingerprint density at radius 2 is 1.52 bits per heavy atom. The fourth-order valence-corrected chi connectivity index (χ4v) is 2.04. The topological polar surface area (TPSA) is 56.8 Å². The molecular weight excluding hydrogens is 318 g/mol. The minimum atomic E-state index is -1.72. The molecule has 21 heavy (non-hydrogen) atoms. The molecule has 0 saturated carbocycles. The number of carbonyl (C=O) groups is 1. The van der Waals surface area contributed by atoms with Crippen LogP contribution in [0.1, 0.15) is 41.5 Å². The molecule has 0 heterocycles. The first-order valence-electron chi connectivity index (χ1n) is 7.28. The van der Waals surface area contributed by atoms with Crippen molar-refractivity contribution in [1.29, 1.82) is 0 Å². The average molecular weight is 354 g/mol. The Kier molecular flexibility index (Phi) is 10.8. The van der Waals surface area contributed by atoms with Crippen molar-refractivity contribution in [2.24, 2.45) is 0 Å². The summed E-state index contributed by atoms with van der Waals surface area (Å²) in [7, 11) is 0.145. The molecule has 128 valence electrons. The first-order valence-corrected chi connectivity index (χ1v) is 11.8. The van der Waals surface area contributed by atoms with Gasteiger partial charge in [-0.05, 0) is 38.9 Å². The molecule has 0 aliphatic rings. The van der Waals surface area contributed by atoms with Gasteiger partial charge < -0.3 is 18.6 Å². The maximum absolute atomic E-state index is 11.4. The second kappa shape index (κ2) is 9.78. The van der Waals surface area contributed by atoms with Crippen molar-refractivity contribution in [3.8, 4) is 0 Å². The maximum atomic E-state index is 11.4. The molecule has 0 rings (SSSR count). The van der Waals surface area contributed by atoms with Crippen LogP contribution in [0, 0.1) is 0 Å². The Labute approximate surface area is 137 Å². The summed E-state index contributed by atoms with van der Waals surface area (Å²) in [6, 6.07) is 0. The van der Waals surface area contributed by atoms with E-state index in [0.717, 1.165) is 21.0 Å². The van der Waals surface area contributed by atoms with Gasteiger partial charge in [0.2, 0.25) is 0 Å². The Hall–Kier alpha value is -0.159. The highest BCUT2D eigenvalue weighted by atomic mass is 28.4. The molecule has 1 amide bonds. The van der Waals surface area contributed by atoms with Crippen LogP contribution >= 0.6 is 0 Å². The summed E-state index contributed by atoms with van der Waals surface area (Å²) in [6.45, 7) is 17.5. The number of carbonyl (C=O) groups excluding carboxylic acids is 1. The van der Waals surface area contributed by atoms with Gasteiger partial charge in [0.25, 0.3) is 0 Å². The lowest BCUT2D eigenvalue weighted by Crippen LogP contribution is -2.43. The molecule has 0 aromatic heterocycles. The lowest BCUT2D eigenvalue weighted by molar-refractivity contribution is 0.0519. The molecule has 0 saturated heterocycles. The predicted molar refractivity (Wildman–Crippen MR) is 98.3 cm³/mol. The number of ether oxygens (including phenoxy) is 1. The smallest absolute Gasteiger partial charge is 0.407 e. The second-order valence-corrected chi connectivity index (χ2v) is 15.5. The minimum Gasteiger partial charge on any atom is -0.471 e. The van der Waals surface area contributed by atoms with E-state index in [1.165, 1.54) is 0 Å². The number of nitrogens with one attached hydrogen (secondary N) is 1. The predicted octanol–water partition coefficient (Wildman–Crippen LogP) is 1.10. The molecule has 5 nitrogen and oxygen atoms in total. The Morgan fingerprint density at radius 1 is 1.10 bits per heavy atom. The van der Waals surface area contributed by atoms with E-state index in [0.29, 0.717) is 13.2 Å². The molecule has 0 unspecified atom stereocenters. The summed E-state index contributed by atoms with van der Waals surface area (Å²) in [4.78, 5) is 11.4. The van der Waals surface area contributed by atoms with Crippen molar-refractivity contribution in [1.82, 2.24) is 5.32 Å². The van der Waals surface area contributed by atoms with E-state index in [9.17, 15) is 4.79 Å².